The number of carbonyl (C=O) groups is 1. The second-order valence-electron chi connectivity index (χ2n) is 2.83. The molecule has 0 heterocycles. The summed E-state index contributed by atoms with van der Waals surface area (Å²) in [5.74, 6) is -1.77. The Hall–Kier alpha value is -1.84. The van der Waals surface area contributed by atoms with Crippen molar-refractivity contribution < 1.29 is 19.0 Å². The molecule has 0 amide bonds. The topological polar surface area (TPSA) is 46.5 Å². The second-order valence-corrected chi connectivity index (χ2v) is 2.83. The third-order valence-corrected chi connectivity index (χ3v) is 1.75. The summed E-state index contributed by atoms with van der Waals surface area (Å²) in [5.41, 5.74) is -0.0918. The molecule has 3 nitrogen and oxygen atoms in total. The summed E-state index contributed by atoms with van der Waals surface area (Å²) in [6.07, 6.45) is 3.51. The van der Waals surface area contributed by atoms with Crippen LogP contribution in [0.2, 0.25) is 0 Å². The van der Waals surface area contributed by atoms with Gasteiger partial charge in [0.2, 0.25) is 0 Å². The van der Waals surface area contributed by atoms with E-state index < -0.39 is 11.8 Å². The van der Waals surface area contributed by atoms with Crippen molar-refractivity contribution in [2.45, 2.75) is 6.92 Å². The van der Waals surface area contributed by atoms with Crippen LogP contribution in [0.5, 0.6) is 5.75 Å². The highest BCUT2D eigenvalue weighted by Crippen LogP contribution is 2.18. The summed E-state index contributed by atoms with van der Waals surface area (Å²) in [6, 6.07) is 3.55. The van der Waals surface area contributed by atoms with E-state index in [1.807, 2.05) is 6.92 Å². The van der Waals surface area contributed by atoms with Crippen molar-refractivity contribution in [2.24, 2.45) is 0 Å². The van der Waals surface area contributed by atoms with E-state index in [2.05, 4.69) is 0 Å². The Labute approximate surface area is 86.8 Å². The van der Waals surface area contributed by atoms with Crippen molar-refractivity contribution in [3.8, 4) is 5.75 Å². The van der Waals surface area contributed by atoms with Gasteiger partial charge in [0.05, 0.1) is 5.56 Å². The van der Waals surface area contributed by atoms with Gasteiger partial charge in [0.1, 0.15) is 6.61 Å². The SMILES string of the molecule is CC=CCOc1ccc(C(=O)O)cc1F. The summed E-state index contributed by atoms with van der Waals surface area (Å²) >= 11 is 0. The lowest BCUT2D eigenvalue weighted by Crippen LogP contribution is -2.00. The Balaban J connectivity index is 2.79. The van der Waals surface area contributed by atoms with Crippen LogP contribution in [-0.4, -0.2) is 17.7 Å². The molecule has 0 saturated carbocycles. The maximum atomic E-state index is 13.2. The van der Waals surface area contributed by atoms with Crippen molar-refractivity contribution in [1.29, 1.82) is 0 Å². The summed E-state index contributed by atoms with van der Waals surface area (Å²) in [4.78, 5) is 10.5. The average Bonchev–Trinajstić information content (AvgIpc) is 2.20. The molecule has 0 saturated heterocycles. The van der Waals surface area contributed by atoms with E-state index in [4.69, 9.17) is 9.84 Å². The van der Waals surface area contributed by atoms with Crippen LogP contribution in [0, 0.1) is 5.82 Å². The predicted molar refractivity (Wildman–Crippen MR) is 53.7 cm³/mol. The molecule has 0 fully saturated rings. The number of ether oxygens (including phenoxy) is 1. The molecule has 0 radical (unpaired) electrons. The number of hydrogen-bond donors (Lipinski definition) is 1. The molecular weight excluding hydrogens is 199 g/mol. The number of aromatic carboxylic acids is 1. The van der Waals surface area contributed by atoms with Crippen LogP contribution in [-0.2, 0) is 0 Å². The molecule has 0 aromatic heterocycles. The summed E-state index contributed by atoms with van der Waals surface area (Å²) in [7, 11) is 0. The molecule has 0 bridgehead atoms. The quantitative estimate of drug-likeness (QED) is 0.776. The summed E-state index contributed by atoms with van der Waals surface area (Å²) < 4.78 is 18.3. The zero-order chi connectivity index (χ0) is 11.3. The fourth-order valence-electron chi connectivity index (χ4n) is 0.985. The molecular formula is C11H11FO3. The predicted octanol–water partition coefficient (Wildman–Crippen LogP) is 2.48. The fourth-order valence-corrected chi connectivity index (χ4v) is 0.985. The minimum Gasteiger partial charge on any atom is -0.486 e. The van der Waals surface area contributed by atoms with Gasteiger partial charge >= 0.3 is 5.97 Å². The number of carboxylic acids is 1. The highest BCUT2D eigenvalue weighted by atomic mass is 19.1. The van der Waals surface area contributed by atoms with Gasteiger partial charge in [-0.1, -0.05) is 12.2 Å². The van der Waals surface area contributed by atoms with Crippen molar-refractivity contribution in [3.05, 3.63) is 41.7 Å². The third-order valence-electron chi connectivity index (χ3n) is 1.75. The third kappa shape index (κ3) is 3.09. The number of rotatable bonds is 4. The molecule has 0 aliphatic heterocycles. The Bertz CT molecular complexity index is 385. The van der Waals surface area contributed by atoms with Crippen LogP contribution in [0.1, 0.15) is 17.3 Å². The first-order chi connectivity index (χ1) is 7.15. The van der Waals surface area contributed by atoms with E-state index in [-0.39, 0.29) is 17.9 Å². The van der Waals surface area contributed by atoms with Crippen molar-refractivity contribution in [3.63, 3.8) is 0 Å². The Kier molecular flexibility index (Phi) is 3.85. The molecule has 1 aromatic rings. The maximum Gasteiger partial charge on any atom is 0.335 e. The summed E-state index contributed by atoms with van der Waals surface area (Å²) in [5, 5.41) is 8.60. The van der Waals surface area contributed by atoms with Crippen LogP contribution in [0.3, 0.4) is 0 Å². The van der Waals surface area contributed by atoms with Crippen LogP contribution >= 0.6 is 0 Å². The largest absolute Gasteiger partial charge is 0.486 e. The minimum absolute atomic E-state index is 0.0538. The Morgan fingerprint density at radius 3 is 2.87 bits per heavy atom. The molecule has 1 rings (SSSR count). The highest BCUT2D eigenvalue weighted by Gasteiger charge is 2.08. The normalized spacial score (nSPS) is 10.5. The van der Waals surface area contributed by atoms with E-state index in [1.165, 1.54) is 12.1 Å². The van der Waals surface area contributed by atoms with Crippen LogP contribution in [0.15, 0.2) is 30.4 Å². The number of benzene rings is 1. The maximum absolute atomic E-state index is 13.2. The van der Waals surface area contributed by atoms with E-state index in [0.29, 0.717) is 0 Å². The van der Waals surface area contributed by atoms with Gasteiger partial charge in [0.15, 0.2) is 11.6 Å². The molecule has 0 unspecified atom stereocenters. The lowest BCUT2D eigenvalue weighted by Gasteiger charge is -2.04. The van der Waals surface area contributed by atoms with Crippen LogP contribution < -0.4 is 4.74 Å². The van der Waals surface area contributed by atoms with Crippen molar-refractivity contribution in [1.82, 2.24) is 0 Å². The minimum atomic E-state index is -1.16. The number of carboxylic acid groups (broad SMARTS) is 1. The van der Waals surface area contributed by atoms with E-state index in [1.54, 1.807) is 12.2 Å². The molecule has 15 heavy (non-hydrogen) atoms. The first kappa shape index (κ1) is 11.2. The molecule has 0 aliphatic carbocycles. The van der Waals surface area contributed by atoms with Gasteiger partial charge in [-0.05, 0) is 25.1 Å². The van der Waals surface area contributed by atoms with Gasteiger partial charge in [-0.2, -0.15) is 0 Å². The molecule has 0 atom stereocenters. The smallest absolute Gasteiger partial charge is 0.335 e. The molecule has 4 heteroatoms. The van der Waals surface area contributed by atoms with Crippen molar-refractivity contribution >= 4 is 5.97 Å². The molecule has 0 spiro atoms. The lowest BCUT2D eigenvalue weighted by atomic mass is 10.2. The van der Waals surface area contributed by atoms with E-state index in [0.717, 1.165) is 6.07 Å². The second kappa shape index (κ2) is 5.14. The van der Waals surface area contributed by atoms with Crippen molar-refractivity contribution in [2.75, 3.05) is 6.61 Å². The van der Waals surface area contributed by atoms with Gasteiger partial charge in [-0.25, -0.2) is 9.18 Å². The number of allylic oxidation sites excluding steroid dienone is 1. The first-order valence-electron chi connectivity index (χ1n) is 4.42. The molecule has 80 valence electrons. The van der Waals surface area contributed by atoms with Crippen LogP contribution in [0.4, 0.5) is 4.39 Å². The van der Waals surface area contributed by atoms with E-state index >= 15 is 0 Å². The highest BCUT2D eigenvalue weighted by molar-refractivity contribution is 5.87. The molecule has 0 aliphatic rings. The molecule has 1 N–H and O–H groups in total. The monoisotopic (exact) mass is 210 g/mol. The lowest BCUT2D eigenvalue weighted by molar-refractivity contribution is 0.0696. The van der Waals surface area contributed by atoms with E-state index in [9.17, 15) is 9.18 Å². The van der Waals surface area contributed by atoms with Crippen LogP contribution in [0.25, 0.3) is 0 Å². The van der Waals surface area contributed by atoms with Gasteiger partial charge in [-0.3, -0.25) is 0 Å². The number of hydrogen-bond acceptors (Lipinski definition) is 2. The van der Waals surface area contributed by atoms with Gasteiger partial charge < -0.3 is 9.84 Å². The molecule has 1 aromatic carbocycles. The van der Waals surface area contributed by atoms with Gasteiger partial charge in [0.25, 0.3) is 0 Å². The van der Waals surface area contributed by atoms with Gasteiger partial charge in [-0.15, -0.1) is 0 Å². The van der Waals surface area contributed by atoms with Gasteiger partial charge in [0, 0.05) is 0 Å². The first-order valence-corrected chi connectivity index (χ1v) is 4.42. The Morgan fingerprint density at radius 1 is 1.60 bits per heavy atom. The Morgan fingerprint density at radius 2 is 2.33 bits per heavy atom. The zero-order valence-corrected chi connectivity index (χ0v) is 8.24. The summed E-state index contributed by atoms with van der Waals surface area (Å²) in [6.45, 7) is 2.09. The fraction of sp³-hybridized carbons (Fsp3) is 0.182. The standard InChI is InChI=1S/C11H11FO3/c1-2-3-6-15-10-5-4-8(11(13)14)7-9(10)12/h2-5,7H,6H2,1H3,(H,13,14). The zero-order valence-electron chi connectivity index (χ0n) is 8.24. The number of halogens is 1. The average molecular weight is 210 g/mol.